The summed E-state index contributed by atoms with van der Waals surface area (Å²) in [7, 11) is 0. The molecular formula is C26H36N2S2. The molecule has 0 heterocycles. The lowest BCUT2D eigenvalue weighted by Gasteiger charge is -2.27. The quantitative estimate of drug-likeness (QED) is 0.307. The van der Waals surface area contributed by atoms with Gasteiger partial charge in [-0.25, -0.2) is 0 Å². The summed E-state index contributed by atoms with van der Waals surface area (Å²) in [5.41, 5.74) is 6.04. The predicted molar refractivity (Wildman–Crippen MR) is 138 cm³/mol. The molecule has 0 saturated carbocycles. The normalized spacial score (nSPS) is 12.8. The Labute approximate surface area is 193 Å². The van der Waals surface area contributed by atoms with Gasteiger partial charge in [-0.3, -0.25) is 0 Å². The number of nitrogens with one attached hydrogen (secondary N) is 2. The Morgan fingerprint density at radius 1 is 1.00 bits per heavy atom. The van der Waals surface area contributed by atoms with Gasteiger partial charge in [0.2, 0.25) is 0 Å². The highest BCUT2D eigenvalue weighted by atomic mass is 32.2. The number of thiol groups is 1. The molecule has 0 aromatic heterocycles. The summed E-state index contributed by atoms with van der Waals surface area (Å²) in [6.45, 7) is 12.7. The van der Waals surface area contributed by atoms with Gasteiger partial charge in [-0.1, -0.05) is 80.2 Å². The molecule has 0 spiro atoms. The first-order chi connectivity index (χ1) is 14.5. The Hall–Kier alpha value is -1.78. The average Bonchev–Trinajstić information content (AvgIpc) is 2.77. The molecule has 30 heavy (non-hydrogen) atoms. The van der Waals surface area contributed by atoms with Crippen LogP contribution in [0.2, 0.25) is 0 Å². The van der Waals surface area contributed by atoms with Gasteiger partial charge in [0.25, 0.3) is 0 Å². The van der Waals surface area contributed by atoms with Gasteiger partial charge in [0.05, 0.1) is 6.04 Å². The highest BCUT2D eigenvalue weighted by Gasteiger charge is 2.16. The van der Waals surface area contributed by atoms with Crippen molar-refractivity contribution in [1.29, 1.82) is 0 Å². The lowest BCUT2D eigenvalue weighted by atomic mass is 10.0. The van der Waals surface area contributed by atoms with Crippen LogP contribution >= 0.6 is 24.4 Å². The van der Waals surface area contributed by atoms with Crippen molar-refractivity contribution in [3.63, 3.8) is 0 Å². The SMILES string of the molecule is C=C(CS)NC(CC)C(=C)NC(CCc1ccccc1)CSCc1ccc(C)cc1. The Balaban J connectivity index is 1.95. The Morgan fingerprint density at radius 2 is 1.70 bits per heavy atom. The molecule has 0 aliphatic carbocycles. The van der Waals surface area contributed by atoms with Gasteiger partial charge in [0, 0.05) is 34.7 Å². The average molecular weight is 441 g/mol. The van der Waals surface area contributed by atoms with Crippen molar-refractivity contribution in [2.75, 3.05) is 11.5 Å². The van der Waals surface area contributed by atoms with E-state index in [-0.39, 0.29) is 6.04 Å². The van der Waals surface area contributed by atoms with Crippen LogP contribution in [0.4, 0.5) is 0 Å². The van der Waals surface area contributed by atoms with E-state index in [4.69, 9.17) is 0 Å². The van der Waals surface area contributed by atoms with Crippen LogP contribution in [0.15, 0.2) is 79.1 Å². The van der Waals surface area contributed by atoms with Crippen LogP contribution in [0.5, 0.6) is 0 Å². The first-order valence-corrected chi connectivity index (χ1v) is 12.5. The summed E-state index contributed by atoms with van der Waals surface area (Å²) in [6, 6.07) is 20.1. The molecule has 2 unspecified atom stereocenters. The Bertz CT molecular complexity index is 771. The Kier molecular flexibility index (Phi) is 11.0. The van der Waals surface area contributed by atoms with Gasteiger partial charge < -0.3 is 10.6 Å². The standard InChI is InChI=1S/C26H36N2S2/c1-5-26(27-21(3)17-29)22(4)28-25(16-15-23-9-7-6-8-10-23)19-30-18-24-13-11-20(2)12-14-24/h6-14,25-29H,3-5,15-19H2,1-2H3. The highest BCUT2D eigenvalue weighted by Crippen LogP contribution is 2.18. The summed E-state index contributed by atoms with van der Waals surface area (Å²) in [6.07, 6.45) is 3.10. The van der Waals surface area contributed by atoms with E-state index in [1.807, 2.05) is 11.8 Å². The second-order valence-electron chi connectivity index (χ2n) is 7.76. The first kappa shape index (κ1) is 24.5. The molecule has 0 bridgehead atoms. The van der Waals surface area contributed by atoms with E-state index in [0.717, 1.165) is 42.2 Å². The number of hydrogen-bond acceptors (Lipinski definition) is 4. The summed E-state index contributed by atoms with van der Waals surface area (Å²) in [5, 5.41) is 7.16. The summed E-state index contributed by atoms with van der Waals surface area (Å²) >= 11 is 6.29. The van der Waals surface area contributed by atoms with Crippen LogP contribution in [0.25, 0.3) is 0 Å². The molecule has 0 aliphatic rings. The molecule has 2 atom stereocenters. The van der Waals surface area contributed by atoms with Crippen LogP contribution in [-0.4, -0.2) is 23.6 Å². The molecule has 0 saturated heterocycles. The van der Waals surface area contributed by atoms with Crippen molar-refractivity contribution in [2.24, 2.45) is 0 Å². The second-order valence-corrected chi connectivity index (χ2v) is 9.10. The van der Waals surface area contributed by atoms with Crippen molar-refractivity contribution < 1.29 is 0 Å². The van der Waals surface area contributed by atoms with Gasteiger partial charge in [0.1, 0.15) is 0 Å². The zero-order chi connectivity index (χ0) is 21.8. The maximum atomic E-state index is 4.34. The number of hydrogen-bond donors (Lipinski definition) is 3. The van der Waals surface area contributed by atoms with Crippen molar-refractivity contribution in [3.05, 3.63) is 95.8 Å². The van der Waals surface area contributed by atoms with Crippen LogP contribution in [-0.2, 0) is 12.2 Å². The van der Waals surface area contributed by atoms with Gasteiger partial charge >= 0.3 is 0 Å². The van der Waals surface area contributed by atoms with E-state index in [1.54, 1.807) is 0 Å². The van der Waals surface area contributed by atoms with E-state index >= 15 is 0 Å². The first-order valence-electron chi connectivity index (χ1n) is 10.7. The third-order valence-electron chi connectivity index (χ3n) is 5.12. The molecule has 2 aromatic rings. The van der Waals surface area contributed by atoms with Gasteiger partial charge in [0.15, 0.2) is 0 Å². The van der Waals surface area contributed by atoms with Crippen LogP contribution in [0.1, 0.15) is 36.5 Å². The fraction of sp³-hybridized carbons (Fsp3) is 0.385. The lowest BCUT2D eigenvalue weighted by molar-refractivity contribution is 0.511. The molecule has 2 nitrogen and oxygen atoms in total. The third kappa shape index (κ3) is 8.93. The summed E-state index contributed by atoms with van der Waals surface area (Å²) in [4.78, 5) is 0. The van der Waals surface area contributed by atoms with Crippen molar-refractivity contribution in [2.45, 2.75) is 50.9 Å². The minimum absolute atomic E-state index is 0.172. The van der Waals surface area contributed by atoms with E-state index in [9.17, 15) is 0 Å². The molecule has 162 valence electrons. The molecule has 2 rings (SSSR count). The fourth-order valence-electron chi connectivity index (χ4n) is 3.28. The maximum absolute atomic E-state index is 4.34. The zero-order valence-corrected chi connectivity index (χ0v) is 20.1. The molecule has 0 fully saturated rings. The molecule has 0 aliphatic heterocycles. The topological polar surface area (TPSA) is 24.1 Å². The van der Waals surface area contributed by atoms with Crippen molar-refractivity contribution >= 4 is 24.4 Å². The fourth-order valence-corrected chi connectivity index (χ4v) is 4.45. The highest BCUT2D eigenvalue weighted by molar-refractivity contribution is 7.98. The number of benzene rings is 2. The van der Waals surface area contributed by atoms with Gasteiger partial charge in [-0.2, -0.15) is 24.4 Å². The molecule has 0 amide bonds. The van der Waals surface area contributed by atoms with Gasteiger partial charge in [-0.15, -0.1) is 0 Å². The summed E-state index contributed by atoms with van der Waals surface area (Å²) < 4.78 is 0. The van der Waals surface area contributed by atoms with Crippen molar-refractivity contribution in [1.82, 2.24) is 10.6 Å². The zero-order valence-electron chi connectivity index (χ0n) is 18.4. The van der Waals surface area contributed by atoms with E-state index in [1.165, 1.54) is 16.7 Å². The summed E-state index contributed by atoms with van der Waals surface area (Å²) in [5.74, 6) is 2.71. The second kappa shape index (κ2) is 13.5. The Morgan fingerprint density at radius 3 is 2.33 bits per heavy atom. The predicted octanol–water partition coefficient (Wildman–Crippen LogP) is 6.14. The number of aryl methyl sites for hydroxylation is 2. The molecule has 2 N–H and O–H groups in total. The number of rotatable bonds is 14. The number of thioether (sulfide) groups is 1. The third-order valence-corrected chi connectivity index (χ3v) is 6.68. The van der Waals surface area contributed by atoms with Crippen LogP contribution in [0.3, 0.4) is 0 Å². The van der Waals surface area contributed by atoms with E-state index in [2.05, 4.69) is 105 Å². The molecule has 0 radical (unpaired) electrons. The van der Waals surface area contributed by atoms with E-state index < -0.39 is 0 Å². The minimum atomic E-state index is 0.172. The minimum Gasteiger partial charge on any atom is -0.384 e. The molecule has 2 aromatic carbocycles. The van der Waals surface area contributed by atoms with Crippen LogP contribution in [0, 0.1) is 6.92 Å². The lowest BCUT2D eigenvalue weighted by Crippen LogP contribution is -2.40. The molecule has 4 heteroatoms. The van der Waals surface area contributed by atoms with E-state index in [0.29, 0.717) is 11.8 Å². The maximum Gasteiger partial charge on any atom is 0.0648 e. The van der Waals surface area contributed by atoms with Crippen LogP contribution < -0.4 is 10.6 Å². The van der Waals surface area contributed by atoms with Crippen molar-refractivity contribution in [3.8, 4) is 0 Å². The largest absolute Gasteiger partial charge is 0.384 e. The van der Waals surface area contributed by atoms with Gasteiger partial charge in [-0.05, 0) is 37.3 Å². The smallest absolute Gasteiger partial charge is 0.0648 e. The molecular weight excluding hydrogens is 404 g/mol. The monoisotopic (exact) mass is 440 g/mol.